The molecule has 1 heterocycles. The Morgan fingerprint density at radius 3 is 2.08 bits per heavy atom. The Morgan fingerprint density at radius 1 is 0.878 bits per heavy atom. The second kappa shape index (κ2) is 17.4. The summed E-state index contributed by atoms with van der Waals surface area (Å²) < 4.78 is 67.6. The summed E-state index contributed by atoms with van der Waals surface area (Å²) in [6.45, 7) is -1.06. The predicted molar refractivity (Wildman–Crippen MR) is 193 cm³/mol. The number of aliphatic hydroxyl groups is 1. The van der Waals surface area contributed by atoms with E-state index in [1.807, 2.05) is 6.07 Å². The largest absolute Gasteiger partial charge is 0.391 e. The van der Waals surface area contributed by atoms with Crippen molar-refractivity contribution >= 4 is 23.4 Å². The Kier molecular flexibility index (Phi) is 10.2. The highest BCUT2D eigenvalue weighted by Gasteiger charge is 2.36. The summed E-state index contributed by atoms with van der Waals surface area (Å²) in [5.41, 5.74) is 1.21. The number of pyridine rings is 1. The van der Waals surface area contributed by atoms with Crippen molar-refractivity contribution in [3.05, 3.63) is 90.1 Å². The molecule has 3 aromatic rings. The molecule has 0 radical (unpaired) electrons. The average molecular weight is 679 g/mol. The van der Waals surface area contributed by atoms with Crippen molar-refractivity contribution in [2.45, 2.75) is 93.2 Å². The third-order valence-corrected chi connectivity index (χ3v) is 8.17. The monoisotopic (exact) mass is 678 g/mol. The lowest BCUT2D eigenvalue weighted by molar-refractivity contribution is -0.138. The van der Waals surface area contributed by atoms with E-state index in [1.165, 1.54) is 19.1 Å². The van der Waals surface area contributed by atoms with Gasteiger partial charge in [0.25, 0.3) is 0 Å². The van der Waals surface area contributed by atoms with Gasteiger partial charge >= 0.3 is 0 Å². The van der Waals surface area contributed by atoms with E-state index < -0.39 is 85.6 Å². The summed E-state index contributed by atoms with van der Waals surface area (Å²) in [6, 6.07) is 18.3. The van der Waals surface area contributed by atoms with E-state index in [9.17, 15) is 27.0 Å². The summed E-state index contributed by atoms with van der Waals surface area (Å²) in [5.74, 6) is -4.80. The number of carbonyl (C=O) groups is 4. The van der Waals surface area contributed by atoms with Gasteiger partial charge in [0.15, 0.2) is 5.78 Å². The molecule has 1 aromatic heterocycles. The lowest BCUT2D eigenvalue weighted by atomic mass is 9.77. The van der Waals surface area contributed by atoms with Crippen LogP contribution >= 0.6 is 0 Å². The smallest absolute Gasteiger partial charge is 0.238 e. The van der Waals surface area contributed by atoms with Crippen LogP contribution in [0.5, 0.6) is 0 Å². The normalized spacial score (nSPS) is 17.6. The first kappa shape index (κ1) is 28.6. The average Bonchev–Trinajstić information content (AvgIpc) is 3.11. The van der Waals surface area contributed by atoms with Gasteiger partial charge in [-0.15, -0.1) is 0 Å². The zero-order valence-electron chi connectivity index (χ0n) is 37.1. The van der Waals surface area contributed by atoms with Gasteiger partial charge in [0.05, 0.1) is 26.5 Å². The first-order chi connectivity index (χ1) is 26.2. The maximum Gasteiger partial charge on any atom is 0.238 e. The highest BCUT2D eigenvalue weighted by atomic mass is 16.3. The minimum absolute atomic E-state index is 0.0166. The minimum Gasteiger partial charge on any atom is -0.391 e. The minimum atomic E-state index is -3.25. The molecule has 2 aromatic carbocycles. The number of hydrogen-bond acceptors (Lipinski definition) is 7. The van der Waals surface area contributed by atoms with E-state index in [0.717, 1.165) is 18.9 Å². The van der Waals surface area contributed by atoms with E-state index in [4.69, 9.17) is 8.22 Å². The Labute approximate surface area is 303 Å². The lowest BCUT2D eigenvalue weighted by Gasteiger charge is -2.35. The summed E-state index contributed by atoms with van der Waals surface area (Å²) >= 11 is 0. The second-order valence-electron chi connectivity index (χ2n) is 13.8. The third-order valence-electron chi connectivity index (χ3n) is 8.17. The van der Waals surface area contributed by atoms with Crippen LogP contribution in [0.25, 0.3) is 11.3 Å². The highest BCUT2D eigenvalue weighted by Crippen LogP contribution is 2.30. The molecule has 0 bridgehead atoms. The van der Waals surface area contributed by atoms with Gasteiger partial charge < -0.3 is 15.2 Å². The molecule has 0 saturated carbocycles. The molecule has 49 heavy (non-hydrogen) atoms. The van der Waals surface area contributed by atoms with Crippen molar-refractivity contribution in [2.24, 2.45) is 22.7 Å². The van der Waals surface area contributed by atoms with Crippen LogP contribution in [0.15, 0.2) is 79.0 Å². The molecular weight excluding hydrogens is 616 g/mol. The standard InChI is InChI=1S/C40H54N4O5/c1-27(45)22-33(39(3,4)5)38(49)43-44(25-30-17-19-31(20-18-30)34-16-12-13-21-41-34)26-36(48)32(23-29-14-10-9-11-15-29)24-35(47)37(40(6,7)8)42-28(2)46/h9-21,32-33,36-37,48H,22-26H2,1-8H3,(H,42,46)(H,43,49)/t32-,33-,36+,37-/m1/s1/i6D3,7D3,25D2. The number of rotatable bonds is 16. The molecule has 4 atom stereocenters. The van der Waals surface area contributed by atoms with Crippen molar-refractivity contribution in [1.29, 1.82) is 0 Å². The number of hydrogen-bond donors (Lipinski definition) is 3. The van der Waals surface area contributed by atoms with Crippen LogP contribution in [0.2, 0.25) is 0 Å². The van der Waals surface area contributed by atoms with E-state index in [0.29, 0.717) is 16.8 Å². The van der Waals surface area contributed by atoms with Crippen molar-refractivity contribution in [3.63, 3.8) is 0 Å². The van der Waals surface area contributed by atoms with Crippen LogP contribution in [0.1, 0.15) is 90.2 Å². The van der Waals surface area contributed by atoms with Gasteiger partial charge in [-0.05, 0) is 53.4 Å². The fourth-order valence-electron chi connectivity index (χ4n) is 5.54. The Hall–Kier alpha value is -4.21. The van der Waals surface area contributed by atoms with Gasteiger partial charge in [-0.3, -0.25) is 24.8 Å². The predicted octanol–water partition coefficient (Wildman–Crippen LogP) is 5.95. The second-order valence-corrected chi connectivity index (χ2v) is 13.8. The molecule has 0 aliphatic carbocycles. The van der Waals surface area contributed by atoms with E-state index >= 15 is 0 Å². The highest BCUT2D eigenvalue weighted by molar-refractivity contribution is 5.89. The number of nitrogens with zero attached hydrogens (tertiary/aromatic N) is 2. The fraction of sp³-hybridized carbons (Fsp3) is 0.475. The Morgan fingerprint density at radius 2 is 1.53 bits per heavy atom. The maximum atomic E-state index is 14.2. The van der Waals surface area contributed by atoms with Crippen molar-refractivity contribution in [2.75, 3.05) is 6.54 Å². The number of carbonyl (C=O) groups excluding carboxylic acids is 4. The Balaban J connectivity index is 2.14. The summed E-state index contributed by atoms with van der Waals surface area (Å²) in [4.78, 5) is 57.2. The van der Waals surface area contributed by atoms with Gasteiger partial charge in [-0.1, -0.05) is 102 Å². The van der Waals surface area contributed by atoms with E-state index in [-0.39, 0.29) is 24.2 Å². The zero-order valence-corrected chi connectivity index (χ0v) is 29.1. The molecule has 0 saturated heterocycles. The van der Waals surface area contributed by atoms with Gasteiger partial charge in [0.1, 0.15) is 5.78 Å². The lowest BCUT2D eigenvalue weighted by Crippen LogP contribution is -2.52. The zero-order chi connectivity index (χ0) is 43.1. The number of aliphatic hydroxyl groups excluding tert-OH is 1. The molecule has 3 N–H and O–H groups in total. The van der Waals surface area contributed by atoms with Crippen molar-refractivity contribution in [1.82, 2.24) is 20.7 Å². The number of hydrazine groups is 1. The molecule has 0 fully saturated rings. The number of benzene rings is 2. The van der Waals surface area contributed by atoms with Crippen LogP contribution in [0.4, 0.5) is 0 Å². The first-order valence-electron chi connectivity index (χ1n) is 20.3. The maximum absolute atomic E-state index is 14.2. The number of ketones is 2. The van der Waals surface area contributed by atoms with Crippen LogP contribution in [0, 0.1) is 22.7 Å². The molecular formula is C40H54N4O5. The van der Waals surface area contributed by atoms with Crippen LogP contribution in [0.3, 0.4) is 0 Å². The van der Waals surface area contributed by atoms with Crippen LogP contribution < -0.4 is 10.7 Å². The summed E-state index contributed by atoms with van der Waals surface area (Å²) in [5, 5.41) is 15.2. The molecule has 9 heteroatoms. The van der Waals surface area contributed by atoms with Gasteiger partial charge in [-0.25, -0.2) is 5.01 Å². The fourth-order valence-corrected chi connectivity index (χ4v) is 5.54. The molecule has 0 spiro atoms. The van der Waals surface area contributed by atoms with Gasteiger partial charge in [0, 0.05) is 52.8 Å². The summed E-state index contributed by atoms with van der Waals surface area (Å²) in [6.07, 6.45) is -0.800. The molecule has 0 aliphatic heterocycles. The van der Waals surface area contributed by atoms with Crippen molar-refractivity contribution < 1.29 is 35.3 Å². The SMILES string of the molecule is [2H]C([2H])(c1ccc(-c2ccccn2)cc1)N(C[C@H](O)[C@@H](CC(=O)[C@@H](NC(C)=O)C(C)(C([2H])([2H])[2H])C([2H])([2H])[2H])Cc1ccccc1)NC(=O)[C@@H](CC(C)=O)C(C)(C)C. The number of aromatic nitrogens is 1. The Bertz CT molecular complexity index is 1820. The molecule has 3 rings (SSSR count). The van der Waals surface area contributed by atoms with Gasteiger partial charge in [0.2, 0.25) is 11.8 Å². The van der Waals surface area contributed by atoms with E-state index in [2.05, 4.69) is 15.7 Å². The first-order valence-corrected chi connectivity index (χ1v) is 16.3. The number of amides is 2. The molecule has 0 aliphatic rings. The van der Waals surface area contributed by atoms with Crippen LogP contribution in [-0.4, -0.2) is 57.2 Å². The topological polar surface area (TPSA) is 129 Å². The number of Topliss-reactive ketones (excluding diaryl/α,β-unsaturated/α-hetero) is 2. The van der Waals surface area contributed by atoms with Crippen LogP contribution in [-0.2, 0) is 32.1 Å². The molecule has 9 nitrogen and oxygen atoms in total. The quantitative estimate of drug-likeness (QED) is 0.160. The van der Waals surface area contributed by atoms with Crippen molar-refractivity contribution in [3.8, 4) is 11.3 Å². The third kappa shape index (κ3) is 12.6. The molecule has 2 amide bonds. The molecule has 264 valence electrons. The molecule has 0 unspecified atom stereocenters. The van der Waals surface area contributed by atoms with Gasteiger partial charge in [-0.2, -0.15) is 0 Å². The summed E-state index contributed by atoms with van der Waals surface area (Å²) in [7, 11) is 0. The number of nitrogens with one attached hydrogen (secondary N) is 2. The van der Waals surface area contributed by atoms with E-state index in [1.54, 1.807) is 81.6 Å².